The summed E-state index contributed by atoms with van der Waals surface area (Å²) in [6.45, 7) is 0. The number of benzene rings is 2. The van der Waals surface area contributed by atoms with Crippen molar-refractivity contribution in [2.45, 2.75) is 0 Å². The first-order chi connectivity index (χ1) is 9.88. The number of nitrogen functional groups attached to an aromatic ring is 1. The molecule has 4 N–H and O–H groups in total. The number of carbonyl (C=O) groups excluding carboxylic acids is 1. The summed E-state index contributed by atoms with van der Waals surface area (Å²) < 4.78 is 0.693. The highest BCUT2D eigenvalue weighted by atomic mass is 79.9. The smallest absolute Gasteiger partial charge is 0.337 e. The predicted octanol–water partition coefficient (Wildman–Crippen LogP) is 3.64. The van der Waals surface area contributed by atoms with Gasteiger partial charge in [-0.25, -0.2) is 4.79 Å². The average Bonchev–Trinajstić information content (AvgIpc) is 2.43. The monoisotopic (exact) mass is 368 g/mol. The first-order valence-electron chi connectivity index (χ1n) is 5.77. The van der Waals surface area contributed by atoms with E-state index in [1.807, 2.05) is 0 Å². The summed E-state index contributed by atoms with van der Waals surface area (Å²) in [4.78, 5) is 23.1. The number of anilines is 2. The Hall–Kier alpha value is -2.05. The minimum atomic E-state index is -1.16. The fraction of sp³-hybridized carbons (Fsp3) is 0. The summed E-state index contributed by atoms with van der Waals surface area (Å²) in [6, 6.07) is 9.02. The first-order valence-corrected chi connectivity index (χ1v) is 6.95. The molecule has 2 aromatic carbocycles. The van der Waals surface area contributed by atoms with Gasteiger partial charge >= 0.3 is 5.97 Å². The number of carboxylic acid groups (broad SMARTS) is 1. The molecule has 2 rings (SSSR count). The second-order valence-electron chi connectivity index (χ2n) is 4.19. The lowest BCUT2D eigenvalue weighted by molar-refractivity contribution is 0.0696. The van der Waals surface area contributed by atoms with Crippen LogP contribution < -0.4 is 11.1 Å². The number of hydrogen-bond donors (Lipinski definition) is 3. The topological polar surface area (TPSA) is 92.4 Å². The molecule has 0 unspecified atom stereocenters. The van der Waals surface area contributed by atoms with E-state index in [0.29, 0.717) is 21.4 Å². The van der Waals surface area contributed by atoms with E-state index in [4.69, 9.17) is 22.4 Å². The van der Waals surface area contributed by atoms with Gasteiger partial charge in [-0.3, -0.25) is 4.79 Å². The number of rotatable bonds is 3. The second kappa shape index (κ2) is 6.15. The van der Waals surface area contributed by atoms with Gasteiger partial charge in [0.1, 0.15) is 0 Å². The van der Waals surface area contributed by atoms with Crippen molar-refractivity contribution in [1.82, 2.24) is 0 Å². The lowest BCUT2D eigenvalue weighted by Crippen LogP contribution is -2.13. The van der Waals surface area contributed by atoms with Crippen LogP contribution in [0.3, 0.4) is 0 Å². The largest absolute Gasteiger partial charge is 0.478 e. The second-order valence-corrected chi connectivity index (χ2v) is 5.45. The minimum Gasteiger partial charge on any atom is -0.478 e. The number of hydrogen-bond acceptors (Lipinski definition) is 3. The quantitative estimate of drug-likeness (QED) is 0.720. The van der Waals surface area contributed by atoms with Gasteiger partial charge in [-0.15, -0.1) is 0 Å². The number of carbonyl (C=O) groups is 2. The van der Waals surface area contributed by atoms with E-state index in [2.05, 4.69) is 21.2 Å². The molecule has 5 nitrogen and oxygen atoms in total. The van der Waals surface area contributed by atoms with E-state index < -0.39 is 11.9 Å². The van der Waals surface area contributed by atoms with Crippen molar-refractivity contribution in [2.24, 2.45) is 0 Å². The van der Waals surface area contributed by atoms with Crippen LogP contribution in [-0.4, -0.2) is 17.0 Å². The highest BCUT2D eigenvalue weighted by Crippen LogP contribution is 2.23. The summed E-state index contributed by atoms with van der Waals surface area (Å²) in [5.74, 6) is -1.56. The van der Waals surface area contributed by atoms with Crippen molar-refractivity contribution >= 4 is 50.8 Å². The molecule has 7 heteroatoms. The normalized spacial score (nSPS) is 10.2. The van der Waals surface area contributed by atoms with Crippen molar-refractivity contribution in [1.29, 1.82) is 0 Å². The third-order valence-electron chi connectivity index (χ3n) is 2.71. The van der Waals surface area contributed by atoms with Crippen LogP contribution in [-0.2, 0) is 0 Å². The molecule has 0 aliphatic rings. The van der Waals surface area contributed by atoms with E-state index in [1.165, 1.54) is 24.3 Å². The van der Waals surface area contributed by atoms with Crippen LogP contribution in [0.25, 0.3) is 0 Å². The predicted molar refractivity (Wildman–Crippen MR) is 84.9 cm³/mol. The van der Waals surface area contributed by atoms with E-state index >= 15 is 0 Å². The first kappa shape index (κ1) is 15.3. The number of amides is 1. The van der Waals surface area contributed by atoms with Crippen LogP contribution >= 0.6 is 27.5 Å². The minimum absolute atomic E-state index is 0.0789. The summed E-state index contributed by atoms with van der Waals surface area (Å²) >= 11 is 9.01. The molecule has 0 fully saturated rings. The average molecular weight is 370 g/mol. The third-order valence-corrected chi connectivity index (χ3v) is 3.76. The Morgan fingerprint density at radius 2 is 1.90 bits per heavy atom. The Morgan fingerprint density at radius 3 is 2.52 bits per heavy atom. The molecular weight excluding hydrogens is 360 g/mol. The van der Waals surface area contributed by atoms with Crippen molar-refractivity contribution in [2.75, 3.05) is 11.1 Å². The van der Waals surface area contributed by atoms with Gasteiger partial charge in [0.15, 0.2) is 0 Å². The highest BCUT2D eigenvalue weighted by Gasteiger charge is 2.12. The molecule has 0 aliphatic heterocycles. The lowest BCUT2D eigenvalue weighted by Gasteiger charge is -2.08. The zero-order chi connectivity index (χ0) is 15.6. The molecule has 0 bridgehead atoms. The Kier molecular flexibility index (Phi) is 4.50. The zero-order valence-corrected chi connectivity index (χ0v) is 12.9. The molecule has 0 heterocycles. The SMILES string of the molecule is Nc1cc(C(=O)Nc2ccc(Cl)c(C(=O)O)c2)ccc1Br. The van der Waals surface area contributed by atoms with Crippen LogP contribution in [0.4, 0.5) is 11.4 Å². The maximum atomic E-state index is 12.1. The maximum Gasteiger partial charge on any atom is 0.337 e. The molecule has 0 atom stereocenters. The molecule has 0 aromatic heterocycles. The van der Waals surface area contributed by atoms with Crippen molar-refractivity contribution in [3.05, 3.63) is 57.0 Å². The number of halogens is 2. The molecule has 0 radical (unpaired) electrons. The standard InChI is InChI=1S/C14H10BrClN2O3/c15-10-3-1-7(5-12(10)17)13(19)18-8-2-4-11(16)9(6-8)14(20)21/h1-6H,17H2,(H,18,19)(H,20,21). The zero-order valence-electron chi connectivity index (χ0n) is 10.6. The summed E-state index contributed by atoms with van der Waals surface area (Å²) in [5, 5.41) is 11.7. The Morgan fingerprint density at radius 1 is 1.19 bits per heavy atom. The summed E-state index contributed by atoms with van der Waals surface area (Å²) in [6.07, 6.45) is 0. The third kappa shape index (κ3) is 3.53. The van der Waals surface area contributed by atoms with E-state index in [0.717, 1.165) is 0 Å². The Bertz CT molecular complexity index is 734. The molecule has 2 aromatic rings. The van der Waals surface area contributed by atoms with Crippen molar-refractivity contribution in [3.63, 3.8) is 0 Å². The van der Waals surface area contributed by atoms with E-state index in [1.54, 1.807) is 12.1 Å². The van der Waals surface area contributed by atoms with Gasteiger partial charge in [0.2, 0.25) is 0 Å². The van der Waals surface area contributed by atoms with Crippen LogP contribution in [0, 0.1) is 0 Å². The van der Waals surface area contributed by atoms with Gasteiger partial charge in [-0.05, 0) is 52.3 Å². The fourth-order valence-electron chi connectivity index (χ4n) is 1.66. The molecule has 0 saturated heterocycles. The molecule has 0 saturated carbocycles. The molecular formula is C14H10BrClN2O3. The van der Waals surface area contributed by atoms with E-state index in [9.17, 15) is 9.59 Å². The van der Waals surface area contributed by atoms with Gasteiger partial charge in [-0.1, -0.05) is 11.6 Å². The number of aromatic carboxylic acids is 1. The van der Waals surface area contributed by atoms with Crippen LogP contribution in [0.1, 0.15) is 20.7 Å². The molecule has 0 spiro atoms. The van der Waals surface area contributed by atoms with Gasteiger partial charge in [0.05, 0.1) is 10.6 Å². The van der Waals surface area contributed by atoms with Crippen molar-refractivity contribution in [3.8, 4) is 0 Å². The fourth-order valence-corrected chi connectivity index (χ4v) is 2.10. The van der Waals surface area contributed by atoms with Gasteiger partial charge in [0, 0.05) is 21.4 Å². The number of nitrogens with one attached hydrogen (secondary N) is 1. The Balaban J connectivity index is 2.25. The van der Waals surface area contributed by atoms with Gasteiger partial charge in [-0.2, -0.15) is 0 Å². The van der Waals surface area contributed by atoms with Crippen molar-refractivity contribution < 1.29 is 14.7 Å². The molecule has 108 valence electrons. The van der Waals surface area contributed by atoms with Crippen LogP contribution in [0.15, 0.2) is 40.9 Å². The van der Waals surface area contributed by atoms with Crippen LogP contribution in [0.2, 0.25) is 5.02 Å². The summed E-state index contributed by atoms with van der Waals surface area (Å²) in [5.41, 5.74) is 6.77. The van der Waals surface area contributed by atoms with Gasteiger partial charge in [0.25, 0.3) is 5.91 Å². The molecule has 1 amide bonds. The number of nitrogens with two attached hydrogens (primary N) is 1. The Labute approximate surface area is 133 Å². The number of carboxylic acids is 1. The van der Waals surface area contributed by atoms with E-state index in [-0.39, 0.29) is 10.6 Å². The lowest BCUT2D eigenvalue weighted by atomic mass is 10.1. The maximum absolute atomic E-state index is 12.1. The molecule has 21 heavy (non-hydrogen) atoms. The molecule has 0 aliphatic carbocycles. The van der Waals surface area contributed by atoms with Crippen LogP contribution in [0.5, 0.6) is 0 Å². The summed E-state index contributed by atoms with van der Waals surface area (Å²) in [7, 11) is 0. The van der Waals surface area contributed by atoms with Gasteiger partial charge < -0.3 is 16.2 Å². The highest BCUT2D eigenvalue weighted by molar-refractivity contribution is 9.10.